The molecule has 4 aliphatic rings. The highest BCUT2D eigenvalue weighted by atomic mass is 32.2. The molecule has 9 heteroatoms. The van der Waals surface area contributed by atoms with Gasteiger partial charge < -0.3 is 10.2 Å². The number of para-hydroxylation sites is 1. The minimum absolute atomic E-state index is 0.0565. The second kappa shape index (κ2) is 8.85. The van der Waals surface area contributed by atoms with Gasteiger partial charge in [-0.25, -0.2) is 0 Å². The van der Waals surface area contributed by atoms with E-state index in [-0.39, 0.29) is 40.5 Å². The quantitative estimate of drug-likeness (QED) is 0.573. The van der Waals surface area contributed by atoms with Gasteiger partial charge in [-0.15, -0.1) is 5.10 Å². The van der Waals surface area contributed by atoms with Gasteiger partial charge in [-0.1, -0.05) is 49.4 Å². The number of aliphatic hydroxyl groups is 2. The van der Waals surface area contributed by atoms with Crippen molar-refractivity contribution in [2.45, 2.75) is 75.7 Å². The molecule has 0 bridgehead atoms. The number of thioether (sulfide) groups is 1. The van der Waals surface area contributed by atoms with Gasteiger partial charge in [0.25, 0.3) is 0 Å². The maximum atomic E-state index is 13.7. The lowest BCUT2D eigenvalue weighted by Crippen LogP contribution is -2.61. The van der Waals surface area contributed by atoms with E-state index in [1.807, 2.05) is 43.3 Å². The zero-order valence-electron chi connectivity index (χ0n) is 21.3. The summed E-state index contributed by atoms with van der Waals surface area (Å²) in [6, 6.07) is 9.50. The summed E-state index contributed by atoms with van der Waals surface area (Å²) in [5, 5.41) is 36.0. The normalized spacial score (nSPS) is 38.9. The fraction of sp³-hybridized carbons (Fsp3) is 0.607. The van der Waals surface area contributed by atoms with Crippen molar-refractivity contribution in [2.75, 3.05) is 5.75 Å². The molecule has 0 radical (unpaired) electrons. The van der Waals surface area contributed by atoms with Crippen LogP contribution in [0.5, 0.6) is 0 Å². The average molecular weight is 523 g/mol. The summed E-state index contributed by atoms with van der Waals surface area (Å²) in [5.41, 5.74) is -0.393. The number of Topliss-reactive ketones (excluding diaryl/α,β-unsaturated/α-hetero) is 1. The van der Waals surface area contributed by atoms with Gasteiger partial charge in [-0.3, -0.25) is 9.59 Å². The van der Waals surface area contributed by atoms with E-state index in [4.69, 9.17) is 0 Å². The highest BCUT2D eigenvalue weighted by Crippen LogP contribution is 2.67. The lowest BCUT2D eigenvalue weighted by atomic mass is 9.45. The summed E-state index contributed by atoms with van der Waals surface area (Å²) >= 11 is 1.23. The monoisotopic (exact) mass is 522 g/mol. The van der Waals surface area contributed by atoms with E-state index in [1.54, 1.807) is 4.68 Å². The standard InChI is InChI=1S/C28H34N4O4S/c1-26-12-10-19(33)14-17(26)8-9-20-21-11-13-28(36,27(21,2)15-22(34)24(20)26)23(35)16-37-25-29-30-31-32(25)18-6-4-3-5-7-18/h3-7,14,20-22,24,34,36H,8-13,15-16H2,1-2H3/t20?,21?,22?,24?,26?,27?,28-/m0/s1. The number of tetrazole rings is 1. The lowest BCUT2D eigenvalue weighted by Gasteiger charge is -2.60. The van der Waals surface area contributed by atoms with Crippen LogP contribution >= 0.6 is 11.8 Å². The van der Waals surface area contributed by atoms with Gasteiger partial charge in [0.1, 0.15) is 5.60 Å². The maximum Gasteiger partial charge on any atom is 0.214 e. The Hall–Kier alpha value is -2.36. The predicted octanol–water partition coefficient (Wildman–Crippen LogP) is 3.56. The SMILES string of the molecule is CC12CCC(=O)C=C1CCC1C2C(O)CC2(C)C1CC[C@]2(O)C(=O)CSc1nnnn1-c1ccccc1. The second-order valence-electron chi connectivity index (χ2n) is 11.9. The smallest absolute Gasteiger partial charge is 0.214 e. The van der Waals surface area contributed by atoms with Crippen LogP contribution < -0.4 is 0 Å². The summed E-state index contributed by atoms with van der Waals surface area (Å²) in [6.07, 6.45) is 5.82. The molecular formula is C28H34N4O4S. The average Bonchev–Trinajstić information content (AvgIpc) is 3.46. The van der Waals surface area contributed by atoms with Crippen LogP contribution in [0.4, 0.5) is 0 Å². The first-order chi connectivity index (χ1) is 17.7. The number of hydrogen-bond acceptors (Lipinski definition) is 8. The Kier molecular flexibility index (Phi) is 5.97. The Morgan fingerprint density at radius 1 is 1.16 bits per heavy atom. The van der Waals surface area contributed by atoms with E-state index in [0.29, 0.717) is 24.4 Å². The summed E-state index contributed by atoms with van der Waals surface area (Å²) in [4.78, 5) is 25.8. The molecule has 1 heterocycles. The van der Waals surface area contributed by atoms with Gasteiger partial charge in [-0.05, 0) is 90.3 Å². The molecule has 3 saturated carbocycles. The topological polar surface area (TPSA) is 118 Å². The van der Waals surface area contributed by atoms with Gasteiger partial charge >= 0.3 is 0 Å². The first-order valence-corrected chi connectivity index (χ1v) is 14.3. The van der Waals surface area contributed by atoms with Crippen LogP contribution in [0.2, 0.25) is 0 Å². The number of nitrogens with zero attached hydrogens (tertiary/aromatic N) is 4. The molecule has 37 heavy (non-hydrogen) atoms. The summed E-state index contributed by atoms with van der Waals surface area (Å²) < 4.78 is 1.60. The number of aromatic nitrogens is 4. The van der Waals surface area contributed by atoms with E-state index in [9.17, 15) is 19.8 Å². The third-order valence-corrected chi connectivity index (χ3v) is 11.2. The van der Waals surface area contributed by atoms with Crippen molar-refractivity contribution in [1.82, 2.24) is 20.2 Å². The number of carbonyl (C=O) groups excluding carboxylic acids is 2. The number of allylic oxidation sites excluding steroid dienone is 1. The first-order valence-electron chi connectivity index (χ1n) is 13.3. The van der Waals surface area contributed by atoms with Gasteiger partial charge in [0.15, 0.2) is 11.6 Å². The van der Waals surface area contributed by atoms with Crippen molar-refractivity contribution >= 4 is 23.3 Å². The summed E-state index contributed by atoms with van der Waals surface area (Å²) in [7, 11) is 0. The van der Waals surface area contributed by atoms with Crippen LogP contribution in [-0.4, -0.2) is 59.4 Å². The zero-order chi connectivity index (χ0) is 26.0. The molecule has 7 atom stereocenters. The van der Waals surface area contributed by atoms with Crippen molar-refractivity contribution in [2.24, 2.45) is 28.6 Å². The van der Waals surface area contributed by atoms with Crippen LogP contribution in [0.1, 0.15) is 58.8 Å². The third-order valence-electron chi connectivity index (χ3n) is 10.3. The molecule has 4 aliphatic carbocycles. The van der Waals surface area contributed by atoms with Crippen molar-refractivity contribution in [3.05, 3.63) is 42.0 Å². The molecule has 6 unspecified atom stereocenters. The number of aliphatic hydroxyl groups excluding tert-OH is 1. The molecule has 196 valence electrons. The van der Waals surface area contributed by atoms with E-state index in [2.05, 4.69) is 22.4 Å². The molecule has 0 aliphatic heterocycles. The fourth-order valence-corrected chi connectivity index (χ4v) is 9.26. The van der Waals surface area contributed by atoms with Crippen LogP contribution in [0.15, 0.2) is 47.1 Å². The Balaban J connectivity index is 1.23. The molecule has 2 aromatic rings. The first kappa shape index (κ1) is 24.9. The van der Waals surface area contributed by atoms with Gasteiger partial charge in [0.2, 0.25) is 5.16 Å². The predicted molar refractivity (Wildman–Crippen MR) is 138 cm³/mol. The van der Waals surface area contributed by atoms with E-state index >= 15 is 0 Å². The minimum Gasteiger partial charge on any atom is -0.393 e. The zero-order valence-corrected chi connectivity index (χ0v) is 22.2. The third kappa shape index (κ3) is 3.68. The number of carbonyl (C=O) groups is 2. The Bertz CT molecular complexity index is 1260. The fourth-order valence-electron chi connectivity index (χ4n) is 8.40. The minimum atomic E-state index is -1.50. The van der Waals surface area contributed by atoms with Gasteiger partial charge in [-0.2, -0.15) is 4.68 Å². The number of fused-ring (bicyclic) bond motifs is 5. The molecule has 6 rings (SSSR count). The highest BCUT2D eigenvalue weighted by Gasteiger charge is 2.68. The van der Waals surface area contributed by atoms with Crippen LogP contribution in [0, 0.1) is 28.6 Å². The molecular weight excluding hydrogens is 488 g/mol. The Morgan fingerprint density at radius 2 is 1.95 bits per heavy atom. The number of ketones is 2. The maximum absolute atomic E-state index is 13.7. The van der Waals surface area contributed by atoms with Crippen molar-refractivity contribution in [1.29, 1.82) is 0 Å². The number of benzene rings is 1. The lowest BCUT2D eigenvalue weighted by molar-refractivity contribution is -0.178. The molecule has 0 amide bonds. The van der Waals surface area contributed by atoms with Crippen molar-refractivity contribution in [3.8, 4) is 5.69 Å². The number of rotatable bonds is 5. The molecule has 0 saturated heterocycles. The van der Waals surface area contributed by atoms with Gasteiger partial charge in [0.05, 0.1) is 17.5 Å². The second-order valence-corrected chi connectivity index (χ2v) is 12.8. The molecule has 3 fully saturated rings. The van der Waals surface area contributed by atoms with Gasteiger partial charge in [0, 0.05) is 11.8 Å². The summed E-state index contributed by atoms with van der Waals surface area (Å²) in [5.74, 6) is 0.470. The molecule has 2 N–H and O–H groups in total. The van der Waals surface area contributed by atoms with Crippen molar-refractivity contribution < 1.29 is 19.8 Å². The largest absolute Gasteiger partial charge is 0.393 e. The van der Waals surface area contributed by atoms with Crippen molar-refractivity contribution in [3.63, 3.8) is 0 Å². The van der Waals surface area contributed by atoms with Crippen LogP contribution in [-0.2, 0) is 9.59 Å². The molecule has 1 aromatic carbocycles. The van der Waals surface area contributed by atoms with Crippen LogP contribution in [0.3, 0.4) is 0 Å². The Labute approximate surface area is 220 Å². The van der Waals surface area contributed by atoms with E-state index in [1.165, 1.54) is 17.3 Å². The molecule has 8 nitrogen and oxygen atoms in total. The molecule has 0 spiro atoms. The highest BCUT2D eigenvalue weighted by molar-refractivity contribution is 7.99. The molecule has 1 aromatic heterocycles. The van der Waals surface area contributed by atoms with E-state index in [0.717, 1.165) is 31.4 Å². The van der Waals surface area contributed by atoms with Crippen LogP contribution in [0.25, 0.3) is 5.69 Å². The number of hydrogen-bond donors (Lipinski definition) is 2. The van der Waals surface area contributed by atoms with E-state index < -0.39 is 17.1 Å². The summed E-state index contributed by atoms with van der Waals surface area (Å²) in [6.45, 7) is 4.23. The Morgan fingerprint density at radius 3 is 2.73 bits per heavy atom.